The minimum Gasteiger partial charge on any atom is -0.506 e. The topological polar surface area (TPSA) is 45.1 Å². The van der Waals surface area contributed by atoms with Gasteiger partial charge in [0.25, 0.3) is 0 Å². The number of rotatable bonds is 3. The standard InChI is InChI=1S/C14H16N2O/c1-10-5-11(2)7-13(6-10)15-8-12-3-4-14(17)9-16-12/h3-7,9,15,17H,8H2,1-2H3. The molecule has 0 aliphatic heterocycles. The van der Waals surface area contributed by atoms with E-state index >= 15 is 0 Å². The molecule has 0 aliphatic rings. The van der Waals surface area contributed by atoms with Gasteiger partial charge in [-0.3, -0.25) is 4.98 Å². The Labute approximate surface area is 101 Å². The van der Waals surface area contributed by atoms with Crippen molar-refractivity contribution in [2.24, 2.45) is 0 Å². The van der Waals surface area contributed by atoms with Gasteiger partial charge < -0.3 is 10.4 Å². The van der Waals surface area contributed by atoms with Crippen molar-refractivity contribution in [1.82, 2.24) is 4.98 Å². The second-order valence-electron chi connectivity index (χ2n) is 4.24. The summed E-state index contributed by atoms with van der Waals surface area (Å²) in [6, 6.07) is 9.81. The Hall–Kier alpha value is -2.03. The van der Waals surface area contributed by atoms with E-state index in [2.05, 4.69) is 42.3 Å². The minimum absolute atomic E-state index is 0.195. The Morgan fingerprint density at radius 3 is 2.41 bits per heavy atom. The molecule has 1 aromatic carbocycles. The highest BCUT2D eigenvalue weighted by Gasteiger charge is 1.97. The number of anilines is 1. The fraction of sp³-hybridized carbons (Fsp3) is 0.214. The van der Waals surface area contributed by atoms with Gasteiger partial charge in [0.15, 0.2) is 0 Å². The van der Waals surface area contributed by atoms with Crippen LogP contribution < -0.4 is 5.32 Å². The molecule has 2 aromatic rings. The fourth-order valence-corrected chi connectivity index (χ4v) is 1.79. The molecule has 3 nitrogen and oxygen atoms in total. The maximum Gasteiger partial charge on any atom is 0.133 e. The molecule has 1 aromatic heterocycles. The molecule has 0 saturated heterocycles. The molecule has 0 bridgehead atoms. The van der Waals surface area contributed by atoms with Gasteiger partial charge in [0.05, 0.1) is 18.4 Å². The van der Waals surface area contributed by atoms with Crippen LogP contribution in [-0.4, -0.2) is 10.1 Å². The Morgan fingerprint density at radius 1 is 1.12 bits per heavy atom. The number of pyridine rings is 1. The van der Waals surface area contributed by atoms with Crippen LogP contribution >= 0.6 is 0 Å². The number of aromatic nitrogens is 1. The van der Waals surface area contributed by atoms with Gasteiger partial charge in [-0.2, -0.15) is 0 Å². The second kappa shape index (κ2) is 4.87. The zero-order valence-electron chi connectivity index (χ0n) is 10.1. The van der Waals surface area contributed by atoms with E-state index in [0.717, 1.165) is 11.4 Å². The molecular formula is C14H16N2O. The van der Waals surface area contributed by atoms with Crippen molar-refractivity contribution in [2.45, 2.75) is 20.4 Å². The van der Waals surface area contributed by atoms with Crippen LogP contribution in [0.3, 0.4) is 0 Å². The smallest absolute Gasteiger partial charge is 0.133 e. The minimum atomic E-state index is 0.195. The predicted octanol–water partition coefficient (Wildman–Crippen LogP) is 3.02. The maximum atomic E-state index is 9.13. The Balaban J connectivity index is 2.04. The van der Waals surface area contributed by atoms with E-state index in [4.69, 9.17) is 5.11 Å². The van der Waals surface area contributed by atoms with Gasteiger partial charge in [-0.25, -0.2) is 0 Å². The van der Waals surface area contributed by atoms with Gasteiger partial charge >= 0.3 is 0 Å². The lowest BCUT2D eigenvalue weighted by Crippen LogP contribution is -2.01. The number of hydrogen-bond acceptors (Lipinski definition) is 3. The molecule has 0 spiro atoms. The summed E-state index contributed by atoms with van der Waals surface area (Å²) in [7, 11) is 0. The van der Waals surface area contributed by atoms with E-state index in [1.807, 2.05) is 6.07 Å². The highest BCUT2D eigenvalue weighted by Crippen LogP contribution is 2.15. The maximum absolute atomic E-state index is 9.13. The first-order valence-electron chi connectivity index (χ1n) is 5.59. The van der Waals surface area contributed by atoms with Gasteiger partial charge in [-0.1, -0.05) is 6.07 Å². The molecule has 3 heteroatoms. The molecular weight excluding hydrogens is 212 g/mol. The van der Waals surface area contributed by atoms with Crippen molar-refractivity contribution < 1.29 is 5.11 Å². The summed E-state index contributed by atoms with van der Waals surface area (Å²) in [5, 5.41) is 12.4. The van der Waals surface area contributed by atoms with E-state index in [-0.39, 0.29) is 5.75 Å². The number of nitrogens with one attached hydrogen (secondary N) is 1. The lowest BCUT2D eigenvalue weighted by Gasteiger charge is -2.08. The zero-order chi connectivity index (χ0) is 12.3. The van der Waals surface area contributed by atoms with E-state index in [0.29, 0.717) is 6.54 Å². The van der Waals surface area contributed by atoms with E-state index in [1.54, 1.807) is 6.07 Å². The van der Waals surface area contributed by atoms with Crippen LogP contribution in [0.2, 0.25) is 0 Å². The summed E-state index contributed by atoms with van der Waals surface area (Å²) in [6.45, 7) is 4.82. The first kappa shape index (κ1) is 11.5. The molecule has 0 aliphatic carbocycles. The molecule has 0 saturated carbocycles. The molecule has 0 radical (unpaired) electrons. The third-order valence-corrected chi connectivity index (χ3v) is 2.50. The lowest BCUT2D eigenvalue weighted by atomic mass is 10.1. The zero-order valence-corrected chi connectivity index (χ0v) is 10.1. The van der Waals surface area contributed by atoms with E-state index < -0.39 is 0 Å². The fourth-order valence-electron chi connectivity index (χ4n) is 1.79. The summed E-state index contributed by atoms with van der Waals surface area (Å²) in [4.78, 5) is 4.13. The largest absolute Gasteiger partial charge is 0.506 e. The molecule has 2 rings (SSSR count). The normalized spacial score (nSPS) is 10.2. The molecule has 1 heterocycles. The first-order valence-corrected chi connectivity index (χ1v) is 5.59. The second-order valence-corrected chi connectivity index (χ2v) is 4.24. The number of aromatic hydroxyl groups is 1. The van der Waals surface area contributed by atoms with Crippen molar-refractivity contribution in [3.8, 4) is 5.75 Å². The molecule has 2 N–H and O–H groups in total. The van der Waals surface area contributed by atoms with E-state index in [1.165, 1.54) is 17.3 Å². The highest BCUT2D eigenvalue weighted by molar-refractivity contribution is 5.48. The number of hydrogen-bond donors (Lipinski definition) is 2. The quantitative estimate of drug-likeness (QED) is 0.848. The summed E-state index contributed by atoms with van der Waals surface area (Å²) in [5.74, 6) is 0.195. The molecule has 88 valence electrons. The van der Waals surface area contributed by atoms with Crippen molar-refractivity contribution in [1.29, 1.82) is 0 Å². The van der Waals surface area contributed by atoms with Crippen LogP contribution in [0, 0.1) is 13.8 Å². The monoisotopic (exact) mass is 228 g/mol. The SMILES string of the molecule is Cc1cc(C)cc(NCc2ccc(O)cn2)c1. The summed E-state index contributed by atoms with van der Waals surface area (Å²) in [6.07, 6.45) is 1.46. The predicted molar refractivity (Wildman–Crippen MR) is 69.1 cm³/mol. The van der Waals surface area contributed by atoms with Gasteiger partial charge in [0.1, 0.15) is 5.75 Å². The molecule has 17 heavy (non-hydrogen) atoms. The van der Waals surface area contributed by atoms with Crippen LogP contribution in [0.25, 0.3) is 0 Å². The number of nitrogens with zero attached hydrogens (tertiary/aromatic N) is 1. The number of benzene rings is 1. The van der Waals surface area contributed by atoms with Crippen LogP contribution in [0.15, 0.2) is 36.5 Å². The van der Waals surface area contributed by atoms with Gasteiger partial charge in [0.2, 0.25) is 0 Å². The average Bonchev–Trinajstić information content (AvgIpc) is 2.27. The van der Waals surface area contributed by atoms with Gasteiger partial charge in [0, 0.05) is 5.69 Å². The van der Waals surface area contributed by atoms with Crippen LogP contribution in [0.5, 0.6) is 5.75 Å². The Bertz CT molecular complexity index is 486. The Kier molecular flexibility index (Phi) is 3.28. The average molecular weight is 228 g/mol. The van der Waals surface area contributed by atoms with Crippen LogP contribution in [0.1, 0.15) is 16.8 Å². The van der Waals surface area contributed by atoms with Crippen LogP contribution in [-0.2, 0) is 6.54 Å². The third kappa shape index (κ3) is 3.21. The summed E-state index contributed by atoms with van der Waals surface area (Å²) in [5.41, 5.74) is 4.48. The molecule has 0 amide bonds. The Morgan fingerprint density at radius 2 is 1.82 bits per heavy atom. The highest BCUT2D eigenvalue weighted by atomic mass is 16.3. The molecule has 0 fully saturated rings. The van der Waals surface area contributed by atoms with Gasteiger partial charge in [-0.05, 0) is 49.2 Å². The summed E-state index contributed by atoms with van der Waals surface area (Å²) < 4.78 is 0. The molecule has 0 unspecified atom stereocenters. The lowest BCUT2D eigenvalue weighted by molar-refractivity contribution is 0.472. The van der Waals surface area contributed by atoms with Gasteiger partial charge in [-0.15, -0.1) is 0 Å². The number of aryl methyl sites for hydroxylation is 2. The van der Waals surface area contributed by atoms with Crippen molar-refractivity contribution in [2.75, 3.05) is 5.32 Å². The van der Waals surface area contributed by atoms with E-state index in [9.17, 15) is 0 Å². The first-order chi connectivity index (χ1) is 8.13. The summed E-state index contributed by atoms with van der Waals surface area (Å²) >= 11 is 0. The third-order valence-electron chi connectivity index (χ3n) is 2.50. The van der Waals surface area contributed by atoms with Crippen molar-refractivity contribution >= 4 is 5.69 Å². The molecule has 0 atom stereocenters. The van der Waals surface area contributed by atoms with Crippen molar-refractivity contribution in [3.05, 3.63) is 53.3 Å². The van der Waals surface area contributed by atoms with Crippen molar-refractivity contribution in [3.63, 3.8) is 0 Å². The van der Waals surface area contributed by atoms with Crippen LogP contribution in [0.4, 0.5) is 5.69 Å².